The normalized spacial score (nSPS) is 23.6. The SMILES string of the molecule is CC(C)[C@@H]1NC(=O)[C@H](Cc2ccccc2)NC(=O)[C@H](Cc2ccc(O)cc2)OC(=O)CC2(CCCCC2)SSC[C@@H](C(=O)N2CCC[C@H]2C(=O)N[C@H](CCCCN)C(=O)NCC(N)=O)NC(=O)[C@H](CC(N)=O)NC1=O. The van der Waals surface area contributed by atoms with Crippen LogP contribution in [0.3, 0.4) is 0 Å². The number of aromatic hydroxyl groups is 1. The molecule has 22 nitrogen and oxygen atoms in total. The van der Waals surface area contributed by atoms with Gasteiger partial charge >= 0.3 is 5.97 Å². The van der Waals surface area contributed by atoms with Crippen molar-refractivity contribution in [3.63, 3.8) is 0 Å². The maximum atomic E-state index is 14.9. The van der Waals surface area contributed by atoms with Crippen molar-refractivity contribution in [2.45, 2.75) is 151 Å². The van der Waals surface area contributed by atoms with E-state index in [1.54, 1.807) is 56.3 Å². The number of phenolic OH excluding ortho intramolecular Hbond substituents is 1. The molecule has 1 spiro atoms. The number of phenols is 1. The molecule has 0 unspecified atom stereocenters. The Morgan fingerprint density at radius 2 is 1.47 bits per heavy atom. The largest absolute Gasteiger partial charge is 0.508 e. The first-order valence-corrected chi connectivity index (χ1v) is 27.8. The number of unbranched alkanes of at least 4 members (excludes halogenated alkanes) is 1. The number of nitrogens with one attached hydrogen (secondary N) is 6. The molecular formula is C51H72N10O12S2. The van der Waals surface area contributed by atoms with Crippen LogP contribution in [0, 0.1) is 5.92 Å². The van der Waals surface area contributed by atoms with E-state index in [9.17, 15) is 53.1 Å². The van der Waals surface area contributed by atoms with E-state index in [4.69, 9.17) is 21.9 Å². The van der Waals surface area contributed by atoms with Gasteiger partial charge in [-0.05, 0) is 80.7 Å². The number of carbonyl (C=O) groups excluding carboxylic acids is 10. The first kappa shape index (κ1) is 59.5. The minimum Gasteiger partial charge on any atom is -0.508 e. The molecule has 0 aromatic heterocycles. The smallest absolute Gasteiger partial charge is 0.308 e. The van der Waals surface area contributed by atoms with Gasteiger partial charge in [0.1, 0.15) is 42.0 Å². The third-order valence-corrected chi connectivity index (χ3v) is 16.6. The number of benzene rings is 2. The third kappa shape index (κ3) is 18.4. The summed E-state index contributed by atoms with van der Waals surface area (Å²) in [5.41, 5.74) is 17.7. The lowest BCUT2D eigenvalue weighted by Crippen LogP contribution is -2.61. The van der Waals surface area contributed by atoms with E-state index in [-0.39, 0.29) is 50.2 Å². The highest BCUT2D eigenvalue weighted by Crippen LogP contribution is 2.48. The van der Waals surface area contributed by atoms with Crippen molar-refractivity contribution in [2.75, 3.05) is 25.4 Å². The second-order valence-electron chi connectivity index (χ2n) is 19.6. The summed E-state index contributed by atoms with van der Waals surface area (Å²) in [7, 11) is 2.52. The number of nitrogens with zero attached hydrogens (tertiary/aromatic N) is 1. The zero-order chi connectivity index (χ0) is 54.7. The van der Waals surface area contributed by atoms with Gasteiger partial charge in [-0.15, -0.1) is 0 Å². The van der Waals surface area contributed by atoms with Crippen molar-refractivity contribution in [1.29, 1.82) is 0 Å². The molecular weight excluding hydrogens is 1010 g/mol. The Labute approximate surface area is 444 Å². The van der Waals surface area contributed by atoms with Gasteiger partial charge in [0.25, 0.3) is 5.91 Å². The molecule has 24 heteroatoms. The molecule has 1 saturated carbocycles. The van der Waals surface area contributed by atoms with Crippen LogP contribution in [0.5, 0.6) is 5.75 Å². The molecule has 2 aromatic carbocycles. The van der Waals surface area contributed by atoms with Gasteiger partial charge in [-0.2, -0.15) is 0 Å². The quantitative estimate of drug-likeness (QED) is 0.0577. The van der Waals surface area contributed by atoms with E-state index in [2.05, 4.69) is 31.9 Å². The number of hydrogen-bond donors (Lipinski definition) is 10. The highest BCUT2D eigenvalue weighted by Gasteiger charge is 2.43. The Hall–Kier alpha value is -6.40. The topological polar surface area (TPSA) is 354 Å². The fourth-order valence-electron chi connectivity index (χ4n) is 9.27. The summed E-state index contributed by atoms with van der Waals surface area (Å²) in [4.78, 5) is 139. The van der Waals surface area contributed by atoms with Crippen LogP contribution in [-0.2, 0) is 65.5 Å². The predicted molar refractivity (Wildman–Crippen MR) is 280 cm³/mol. The van der Waals surface area contributed by atoms with Crippen LogP contribution < -0.4 is 49.1 Å². The number of likely N-dealkylation sites (tertiary alicyclic amines) is 1. The molecule has 2 aliphatic heterocycles. The number of nitrogens with two attached hydrogens (primary N) is 3. The fourth-order valence-corrected chi connectivity index (χ4v) is 12.6. The van der Waals surface area contributed by atoms with Gasteiger partial charge in [0.05, 0.1) is 19.4 Å². The third-order valence-electron chi connectivity index (χ3n) is 13.3. The molecule has 0 bridgehead atoms. The molecule has 13 N–H and O–H groups in total. The maximum Gasteiger partial charge on any atom is 0.308 e. The lowest BCUT2D eigenvalue weighted by molar-refractivity contribution is -0.157. The van der Waals surface area contributed by atoms with E-state index in [1.807, 2.05) is 0 Å². The Kier molecular flexibility index (Phi) is 23.0. The van der Waals surface area contributed by atoms with E-state index < -0.39 is 125 Å². The molecule has 5 rings (SSSR count). The minimum absolute atomic E-state index is 0.0211. The lowest BCUT2D eigenvalue weighted by atomic mass is 9.86. The number of esters is 1. The first-order valence-electron chi connectivity index (χ1n) is 25.5. The zero-order valence-corrected chi connectivity index (χ0v) is 44.1. The van der Waals surface area contributed by atoms with Gasteiger partial charge < -0.3 is 63.8 Å². The highest BCUT2D eigenvalue weighted by molar-refractivity contribution is 8.77. The predicted octanol–water partition coefficient (Wildman–Crippen LogP) is 0.254. The van der Waals surface area contributed by atoms with E-state index in [1.165, 1.54) is 38.6 Å². The van der Waals surface area contributed by atoms with Crippen LogP contribution in [0.2, 0.25) is 0 Å². The van der Waals surface area contributed by atoms with Crippen LogP contribution in [0.15, 0.2) is 54.6 Å². The van der Waals surface area contributed by atoms with E-state index in [0.29, 0.717) is 49.8 Å². The summed E-state index contributed by atoms with van der Waals surface area (Å²) in [5, 5.41) is 25.9. The molecule has 3 fully saturated rings. The summed E-state index contributed by atoms with van der Waals surface area (Å²) >= 11 is 0. The molecule has 2 aromatic rings. The van der Waals surface area contributed by atoms with Gasteiger partial charge in [0.2, 0.25) is 47.3 Å². The van der Waals surface area contributed by atoms with Crippen molar-refractivity contribution in [3.05, 3.63) is 65.7 Å². The number of cyclic esters (lactones) is 1. The number of amides is 9. The number of hydrogen-bond acceptors (Lipinski definition) is 15. The van der Waals surface area contributed by atoms with Crippen LogP contribution in [-0.4, -0.2) is 142 Å². The van der Waals surface area contributed by atoms with Crippen molar-refractivity contribution in [3.8, 4) is 5.75 Å². The zero-order valence-electron chi connectivity index (χ0n) is 42.5. The standard InChI is InChI=1S/C51H72N10O12S2/c1-30(2)43-49(71)58-36(26-40(53)63)45(67)59-37(50(72)61-23-11-15-38(61)47(69)56-34(14-7-10-22-52)44(66)55-28-41(54)64)29-74-75-51(20-8-4-9-21-51)27-42(65)73-39(25-32-16-18-33(62)19-17-32)48(70)57-35(46(68)60-43)24-31-12-5-3-6-13-31/h3,5-6,12-13,16-19,30,34-39,43,62H,4,7-11,14-15,20-29,52H2,1-2H3,(H2,53,63)(H2,54,64)(H,55,66)(H,56,69)(H,57,70)(H,58,71)(H,59,67)(H,60,68)/t34-,35+,36+,37+,38+,39+,43+/m1/s1. The molecule has 2 saturated heterocycles. The number of carbonyl (C=O) groups is 10. The summed E-state index contributed by atoms with van der Waals surface area (Å²) in [6, 6.07) is 6.87. The summed E-state index contributed by atoms with van der Waals surface area (Å²) in [6.45, 7) is 3.22. The van der Waals surface area contributed by atoms with Crippen LogP contribution >= 0.6 is 21.6 Å². The van der Waals surface area contributed by atoms with Crippen molar-refractivity contribution in [2.24, 2.45) is 23.1 Å². The van der Waals surface area contributed by atoms with Gasteiger partial charge in [0, 0.05) is 29.9 Å². The molecule has 9 amide bonds. The van der Waals surface area contributed by atoms with E-state index in [0.717, 1.165) is 19.3 Å². The highest BCUT2D eigenvalue weighted by atomic mass is 33.1. The monoisotopic (exact) mass is 1080 g/mol. The van der Waals surface area contributed by atoms with Gasteiger partial charge in [-0.3, -0.25) is 47.9 Å². The van der Waals surface area contributed by atoms with Crippen molar-refractivity contribution in [1.82, 2.24) is 36.8 Å². The van der Waals surface area contributed by atoms with Crippen LogP contribution in [0.4, 0.5) is 0 Å². The number of primary amides is 2. The Balaban J connectivity index is 1.52. The van der Waals surface area contributed by atoms with Crippen LogP contribution in [0.25, 0.3) is 0 Å². The molecule has 0 radical (unpaired) electrons. The van der Waals surface area contributed by atoms with Crippen molar-refractivity contribution < 1.29 is 57.8 Å². The molecule has 75 heavy (non-hydrogen) atoms. The Morgan fingerprint density at radius 1 is 0.800 bits per heavy atom. The molecule has 2 heterocycles. The summed E-state index contributed by atoms with van der Waals surface area (Å²) in [5.74, 6) is -8.70. The fraction of sp³-hybridized carbons (Fsp3) is 0.569. The van der Waals surface area contributed by atoms with Gasteiger partial charge in [0.15, 0.2) is 6.10 Å². The molecule has 410 valence electrons. The van der Waals surface area contributed by atoms with Crippen LogP contribution in [0.1, 0.15) is 102 Å². The van der Waals surface area contributed by atoms with Gasteiger partial charge in [-0.25, -0.2) is 0 Å². The number of rotatable bonds is 17. The summed E-state index contributed by atoms with van der Waals surface area (Å²) < 4.78 is 5.28. The van der Waals surface area contributed by atoms with Gasteiger partial charge in [-0.1, -0.05) is 97.2 Å². The number of ether oxygens (including phenoxy) is 1. The minimum atomic E-state index is -1.66. The second kappa shape index (κ2) is 29.0. The average molecular weight is 1080 g/mol. The lowest BCUT2D eigenvalue weighted by Gasteiger charge is -2.36. The molecule has 3 aliphatic rings. The van der Waals surface area contributed by atoms with Crippen molar-refractivity contribution >= 4 is 80.7 Å². The summed E-state index contributed by atoms with van der Waals surface area (Å²) in [6.07, 6.45) is 2.74. The van der Waals surface area contributed by atoms with E-state index >= 15 is 0 Å². The molecule has 1 aliphatic carbocycles. The molecule has 7 atom stereocenters. The Morgan fingerprint density at radius 3 is 2.12 bits per heavy atom. The second-order valence-corrected chi connectivity index (χ2v) is 22.4. The maximum absolute atomic E-state index is 14.9. The first-order chi connectivity index (χ1) is 35.8. The average Bonchev–Trinajstić information content (AvgIpc) is 3.87. The Bertz CT molecular complexity index is 2340.